The highest BCUT2D eigenvalue weighted by atomic mass is 32.2. The molecule has 8 aromatic carbocycles. The molecule has 0 radical (unpaired) electrons. The monoisotopic (exact) mass is 774 g/mol. The van der Waals surface area contributed by atoms with Crippen molar-refractivity contribution in [2.45, 2.75) is 16.7 Å². The van der Waals surface area contributed by atoms with Gasteiger partial charge >= 0.3 is 0 Å². The first kappa shape index (κ1) is 37.8. The molecular formula is C52H38O5S. The van der Waals surface area contributed by atoms with E-state index in [2.05, 4.69) is 55.5 Å². The number of carbonyl (C=O) groups is 2. The van der Waals surface area contributed by atoms with Crippen molar-refractivity contribution in [1.29, 1.82) is 0 Å². The number of benzene rings is 8. The van der Waals surface area contributed by atoms with Gasteiger partial charge in [0.05, 0.1) is 7.11 Å². The van der Waals surface area contributed by atoms with Crippen LogP contribution in [0.25, 0.3) is 22.3 Å². The normalized spacial score (nSPS) is 10.8. The third-order valence-corrected chi connectivity index (χ3v) is 10.7. The van der Waals surface area contributed by atoms with Crippen LogP contribution in [0.1, 0.15) is 37.4 Å². The van der Waals surface area contributed by atoms with Gasteiger partial charge in [-0.15, -0.1) is 0 Å². The molecule has 0 aliphatic carbocycles. The summed E-state index contributed by atoms with van der Waals surface area (Å²) in [5, 5.41) is 0. The Morgan fingerprint density at radius 1 is 0.414 bits per heavy atom. The van der Waals surface area contributed by atoms with Crippen molar-refractivity contribution in [1.82, 2.24) is 0 Å². The van der Waals surface area contributed by atoms with Gasteiger partial charge in [0.1, 0.15) is 28.7 Å². The van der Waals surface area contributed by atoms with Crippen LogP contribution >= 0.6 is 11.8 Å². The SMILES string of the molecule is COc1ccc(C(=O)c2ccc(-c3ccc(-c4ccc(Sc5ccc(C)cc5)cc4)cc3C(=O)c3ccc(Oc4ccc(Oc5ccccc5)cc4)cc3)cc2)cc1. The second-order valence-corrected chi connectivity index (χ2v) is 14.8. The second kappa shape index (κ2) is 17.3. The lowest BCUT2D eigenvalue weighted by atomic mass is 9.90. The van der Waals surface area contributed by atoms with Gasteiger partial charge in [-0.1, -0.05) is 96.2 Å². The summed E-state index contributed by atoms with van der Waals surface area (Å²) in [6, 6.07) is 61.5. The fraction of sp³-hybridized carbons (Fsp3) is 0.0385. The van der Waals surface area contributed by atoms with E-state index in [0.29, 0.717) is 45.3 Å². The zero-order valence-corrected chi connectivity index (χ0v) is 32.7. The van der Waals surface area contributed by atoms with Gasteiger partial charge in [0, 0.05) is 32.0 Å². The minimum Gasteiger partial charge on any atom is -0.497 e. The fourth-order valence-electron chi connectivity index (χ4n) is 6.50. The number of hydrogen-bond acceptors (Lipinski definition) is 6. The summed E-state index contributed by atoms with van der Waals surface area (Å²) < 4.78 is 17.3. The lowest BCUT2D eigenvalue weighted by molar-refractivity contribution is 0.103. The molecular weight excluding hydrogens is 737 g/mol. The van der Waals surface area contributed by atoms with Crippen molar-refractivity contribution >= 4 is 23.3 Å². The van der Waals surface area contributed by atoms with Crippen LogP contribution < -0.4 is 14.2 Å². The average molecular weight is 775 g/mol. The zero-order valence-electron chi connectivity index (χ0n) is 31.9. The molecule has 0 spiro atoms. The van der Waals surface area contributed by atoms with Gasteiger partial charge in [0.15, 0.2) is 11.6 Å². The maximum Gasteiger partial charge on any atom is 0.193 e. The van der Waals surface area contributed by atoms with E-state index < -0.39 is 0 Å². The van der Waals surface area contributed by atoms with Crippen molar-refractivity contribution < 1.29 is 23.8 Å². The maximum atomic E-state index is 14.5. The van der Waals surface area contributed by atoms with Crippen LogP contribution in [0.3, 0.4) is 0 Å². The molecule has 0 heterocycles. The van der Waals surface area contributed by atoms with E-state index in [4.69, 9.17) is 14.2 Å². The molecule has 0 saturated heterocycles. The number of ether oxygens (including phenoxy) is 3. The van der Waals surface area contributed by atoms with Crippen molar-refractivity contribution in [3.05, 3.63) is 222 Å². The van der Waals surface area contributed by atoms with Crippen LogP contribution in [-0.4, -0.2) is 18.7 Å². The molecule has 8 aromatic rings. The summed E-state index contributed by atoms with van der Waals surface area (Å²) in [6.07, 6.45) is 0. The molecule has 0 aliphatic heterocycles. The van der Waals surface area contributed by atoms with E-state index in [-0.39, 0.29) is 11.6 Å². The Morgan fingerprint density at radius 3 is 1.40 bits per heavy atom. The predicted octanol–water partition coefficient (Wildman–Crippen LogP) is 13.5. The molecule has 0 unspecified atom stereocenters. The van der Waals surface area contributed by atoms with Gasteiger partial charge < -0.3 is 14.2 Å². The smallest absolute Gasteiger partial charge is 0.193 e. The van der Waals surface area contributed by atoms with Crippen LogP contribution in [0.2, 0.25) is 0 Å². The van der Waals surface area contributed by atoms with Crippen LogP contribution in [0.5, 0.6) is 28.7 Å². The molecule has 0 bridgehead atoms. The topological polar surface area (TPSA) is 61.8 Å². The van der Waals surface area contributed by atoms with Crippen molar-refractivity contribution in [2.24, 2.45) is 0 Å². The second-order valence-electron chi connectivity index (χ2n) is 13.7. The summed E-state index contributed by atoms with van der Waals surface area (Å²) >= 11 is 1.71. The van der Waals surface area contributed by atoms with Crippen molar-refractivity contribution in [3.63, 3.8) is 0 Å². The maximum absolute atomic E-state index is 14.5. The quantitative estimate of drug-likeness (QED) is 0.109. The standard InChI is InChI=1S/C52H38O5S/c1-35-8-29-47(30-9-35)58-48-31-18-36(19-32-48)41-20-33-49(37-10-12-38(13-11-37)51(53)39-14-21-42(55-2)22-15-39)50(34-41)52(54)40-16-23-44(24-17-40)57-46-27-25-45(26-28-46)56-43-6-4-3-5-7-43/h3-34H,1-2H3. The lowest BCUT2D eigenvalue weighted by Crippen LogP contribution is -2.05. The van der Waals surface area contributed by atoms with Gasteiger partial charge in [-0.3, -0.25) is 9.59 Å². The van der Waals surface area contributed by atoms with Crippen molar-refractivity contribution in [3.8, 4) is 51.0 Å². The molecule has 0 amide bonds. The highest BCUT2D eigenvalue weighted by Crippen LogP contribution is 2.35. The number of ketones is 2. The fourth-order valence-corrected chi connectivity index (χ4v) is 7.31. The molecule has 0 aromatic heterocycles. The Bertz CT molecular complexity index is 2650. The number of para-hydroxylation sites is 1. The molecule has 58 heavy (non-hydrogen) atoms. The first-order valence-electron chi connectivity index (χ1n) is 18.8. The molecule has 0 aliphatic rings. The molecule has 6 heteroatoms. The van der Waals surface area contributed by atoms with Gasteiger partial charge in [-0.25, -0.2) is 0 Å². The third kappa shape index (κ3) is 8.94. The predicted molar refractivity (Wildman–Crippen MR) is 232 cm³/mol. The Kier molecular flexibility index (Phi) is 11.3. The summed E-state index contributed by atoms with van der Waals surface area (Å²) in [5.41, 5.74) is 6.93. The summed E-state index contributed by atoms with van der Waals surface area (Å²) in [5.74, 6) is 3.17. The molecule has 8 rings (SSSR count). The minimum absolute atomic E-state index is 0.0939. The number of rotatable bonds is 13. The van der Waals surface area contributed by atoms with Crippen molar-refractivity contribution in [2.75, 3.05) is 7.11 Å². The average Bonchev–Trinajstić information content (AvgIpc) is 3.28. The highest BCUT2D eigenvalue weighted by molar-refractivity contribution is 7.99. The van der Waals surface area contributed by atoms with Gasteiger partial charge in [-0.05, 0) is 144 Å². The zero-order chi connectivity index (χ0) is 39.8. The van der Waals surface area contributed by atoms with Crippen LogP contribution in [0.15, 0.2) is 204 Å². The summed E-state index contributed by atoms with van der Waals surface area (Å²) in [4.78, 5) is 30.1. The number of aryl methyl sites for hydroxylation is 1. The molecule has 282 valence electrons. The van der Waals surface area contributed by atoms with Crippen LogP contribution in [-0.2, 0) is 0 Å². The van der Waals surface area contributed by atoms with Crippen LogP contribution in [0, 0.1) is 6.92 Å². The van der Waals surface area contributed by atoms with Crippen LogP contribution in [0.4, 0.5) is 0 Å². The van der Waals surface area contributed by atoms with E-state index in [1.807, 2.05) is 84.9 Å². The number of methoxy groups -OCH3 is 1. The minimum atomic E-state index is -0.129. The van der Waals surface area contributed by atoms with Gasteiger partial charge in [0.2, 0.25) is 0 Å². The van der Waals surface area contributed by atoms with Gasteiger partial charge in [0.25, 0.3) is 0 Å². The Hall–Kier alpha value is -7.15. The molecule has 0 fully saturated rings. The van der Waals surface area contributed by atoms with Gasteiger partial charge in [-0.2, -0.15) is 0 Å². The third-order valence-electron chi connectivity index (χ3n) is 9.67. The Morgan fingerprint density at radius 2 is 0.845 bits per heavy atom. The molecule has 0 N–H and O–H groups in total. The summed E-state index contributed by atoms with van der Waals surface area (Å²) in [7, 11) is 1.59. The number of carbonyl (C=O) groups excluding carboxylic acids is 2. The molecule has 0 atom stereocenters. The Labute approximate surface area is 342 Å². The van der Waals surface area contributed by atoms with E-state index in [9.17, 15) is 9.59 Å². The highest BCUT2D eigenvalue weighted by Gasteiger charge is 2.18. The molecule has 0 saturated carbocycles. The van der Waals surface area contributed by atoms with E-state index in [1.54, 1.807) is 79.5 Å². The number of hydrogen-bond donors (Lipinski definition) is 0. The first-order chi connectivity index (χ1) is 28.4. The Balaban J connectivity index is 1.05. The lowest BCUT2D eigenvalue weighted by Gasteiger charge is -2.14. The van der Waals surface area contributed by atoms with E-state index >= 15 is 0 Å². The largest absolute Gasteiger partial charge is 0.497 e. The molecule has 5 nitrogen and oxygen atoms in total. The summed E-state index contributed by atoms with van der Waals surface area (Å²) in [6.45, 7) is 2.08. The van der Waals surface area contributed by atoms with E-state index in [1.165, 1.54) is 10.5 Å². The van der Waals surface area contributed by atoms with E-state index in [0.717, 1.165) is 32.9 Å². The first-order valence-corrected chi connectivity index (χ1v) is 19.6.